The lowest BCUT2D eigenvalue weighted by atomic mass is 10.4. The molecule has 0 fully saturated rings. The zero-order valence-corrected chi connectivity index (χ0v) is 10.2. The Bertz CT molecular complexity index is 361. The second kappa shape index (κ2) is 5.80. The number of aliphatic carboxylic acids is 1. The summed E-state index contributed by atoms with van der Waals surface area (Å²) >= 11 is 0. The third-order valence-electron chi connectivity index (χ3n) is 1.75. The van der Waals surface area contributed by atoms with Gasteiger partial charge >= 0.3 is 11.9 Å². The third kappa shape index (κ3) is 4.58. The highest BCUT2D eigenvalue weighted by Gasteiger charge is 2.29. The summed E-state index contributed by atoms with van der Waals surface area (Å²) in [6.45, 7) is 2.61. The van der Waals surface area contributed by atoms with Crippen LogP contribution in [0.4, 0.5) is 0 Å². The molecule has 0 amide bonds. The average molecular weight is 253 g/mol. The van der Waals surface area contributed by atoms with Gasteiger partial charge in [0.2, 0.25) is 10.0 Å². The van der Waals surface area contributed by atoms with Crippen LogP contribution in [0.5, 0.6) is 0 Å². The number of carboxylic acid groups (broad SMARTS) is 1. The van der Waals surface area contributed by atoms with Crippen LogP contribution in [0.3, 0.4) is 0 Å². The van der Waals surface area contributed by atoms with Gasteiger partial charge in [-0.2, -0.15) is 4.31 Å². The zero-order valence-electron chi connectivity index (χ0n) is 9.34. The molecule has 0 aliphatic rings. The number of ether oxygens (including phenoxy) is 1. The van der Waals surface area contributed by atoms with Crippen LogP contribution in [0, 0.1) is 0 Å². The van der Waals surface area contributed by atoms with Crippen molar-refractivity contribution >= 4 is 22.0 Å². The van der Waals surface area contributed by atoms with Crippen LogP contribution in [0.15, 0.2) is 0 Å². The summed E-state index contributed by atoms with van der Waals surface area (Å²) in [6, 6.07) is -0.511. The maximum Gasteiger partial charge on any atom is 0.321 e. The first-order valence-corrected chi connectivity index (χ1v) is 6.09. The van der Waals surface area contributed by atoms with Crippen molar-refractivity contribution in [2.75, 3.05) is 19.4 Å². The number of nitrogens with zero attached hydrogens (tertiary/aromatic N) is 1. The van der Waals surface area contributed by atoms with E-state index < -0.39 is 40.3 Å². The smallest absolute Gasteiger partial charge is 0.321 e. The Hall–Kier alpha value is -1.15. The van der Waals surface area contributed by atoms with Gasteiger partial charge in [0.05, 0.1) is 7.11 Å². The standard InChI is InChI=1S/C8H15NO6S/c1-6(2)9(4-8(12)15-3)16(13,14)5-7(10)11/h6H,4-5H2,1-3H3,(H,10,11). The van der Waals surface area contributed by atoms with Gasteiger partial charge < -0.3 is 9.84 Å². The van der Waals surface area contributed by atoms with E-state index >= 15 is 0 Å². The number of rotatable bonds is 6. The van der Waals surface area contributed by atoms with E-state index in [1.165, 1.54) is 0 Å². The molecule has 0 saturated heterocycles. The minimum Gasteiger partial charge on any atom is -0.480 e. The highest BCUT2D eigenvalue weighted by molar-refractivity contribution is 7.89. The number of hydrogen-bond donors (Lipinski definition) is 1. The molecule has 1 N–H and O–H groups in total. The third-order valence-corrected chi connectivity index (χ3v) is 3.63. The maximum absolute atomic E-state index is 11.6. The van der Waals surface area contributed by atoms with Crippen molar-refractivity contribution in [2.45, 2.75) is 19.9 Å². The van der Waals surface area contributed by atoms with E-state index in [0.717, 1.165) is 11.4 Å². The van der Waals surface area contributed by atoms with Crippen molar-refractivity contribution in [1.82, 2.24) is 4.31 Å². The normalized spacial score (nSPS) is 11.8. The molecule has 0 aromatic heterocycles. The fourth-order valence-corrected chi connectivity index (χ4v) is 2.46. The van der Waals surface area contributed by atoms with E-state index in [4.69, 9.17) is 5.11 Å². The van der Waals surface area contributed by atoms with Crippen molar-refractivity contribution in [1.29, 1.82) is 0 Å². The van der Waals surface area contributed by atoms with E-state index in [9.17, 15) is 18.0 Å². The summed E-state index contributed by atoms with van der Waals surface area (Å²) in [6.07, 6.45) is 0. The zero-order chi connectivity index (χ0) is 12.9. The monoisotopic (exact) mass is 253 g/mol. The molecular weight excluding hydrogens is 238 g/mol. The Balaban J connectivity index is 4.91. The van der Waals surface area contributed by atoms with Gasteiger partial charge in [-0.3, -0.25) is 9.59 Å². The predicted molar refractivity (Wildman–Crippen MR) is 55.3 cm³/mol. The van der Waals surface area contributed by atoms with Gasteiger partial charge in [0.15, 0.2) is 5.75 Å². The lowest BCUT2D eigenvalue weighted by Crippen LogP contribution is -2.43. The largest absolute Gasteiger partial charge is 0.480 e. The number of hydrogen-bond acceptors (Lipinski definition) is 5. The van der Waals surface area contributed by atoms with E-state index in [-0.39, 0.29) is 0 Å². The Morgan fingerprint density at radius 3 is 2.19 bits per heavy atom. The topological polar surface area (TPSA) is 101 Å². The lowest BCUT2D eigenvalue weighted by molar-refractivity contribution is -0.141. The Morgan fingerprint density at radius 2 is 1.88 bits per heavy atom. The Morgan fingerprint density at radius 1 is 1.38 bits per heavy atom. The molecule has 0 rings (SSSR count). The summed E-state index contributed by atoms with van der Waals surface area (Å²) in [5.41, 5.74) is 0. The van der Waals surface area contributed by atoms with E-state index in [1.54, 1.807) is 13.8 Å². The lowest BCUT2D eigenvalue weighted by Gasteiger charge is -2.23. The molecule has 0 saturated carbocycles. The van der Waals surface area contributed by atoms with Gasteiger partial charge in [-0.05, 0) is 13.8 Å². The fraction of sp³-hybridized carbons (Fsp3) is 0.750. The minimum absolute atomic E-state index is 0.482. The molecule has 7 nitrogen and oxygen atoms in total. The molecule has 0 aliphatic carbocycles. The number of carbonyl (C=O) groups excluding carboxylic acids is 1. The predicted octanol–water partition coefficient (Wildman–Crippen LogP) is -0.716. The van der Waals surface area contributed by atoms with Crippen LogP contribution < -0.4 is 0 Å². The summed E-state index contributed by atoms with van der Waals surface area (Å²) in [7, 11) is -2.86. The van der Waals surface area contributed by atoms with Crippen molar-refractivity contribution in [3.63, 3.8) is 0 Å². The maximum atomic E-state index is 11.6. The Labute approximate surface area is 94.0 Å². The van der Waals surface area contributed by atoms with Crippen LogP contribution in [0.1, 0.15) is 13.8 Å². The van der Waals surface area contributed by atoms with Gasteiger partial charge in [0, 0.05) is 6.04 Å². The number of esters is 1. The van der Waals surface area contributed by atoms with Crippen molar-refractivity contribution in [3.05, 3.63) is 0 Å². The first kappa shape index (κ1) is 14.8. The highest BCUT2D eigenvalue weighted by atomic mass is 32.2. The minimum atomic E-state index is -3.99. The molecule has 0 spiro atoms. The molecule has 0 atom stereocenters. The molecule has 0 radical (unpaired) electrons. The average Bonchev–Trinajstić information content (AvgIpc) is 2.10. The van der Waals surface area contributed by atoms with Gasteiger partial charge in [-0.15, -0.1) is 0 Å². The molecular formula is C8H15NO6S. The summed E-state index contributed by atoms with van der Waals surface area (Å²) in [5.74, 6) is -3.24. The van der Waals surface area contributed by atoms with E-state index in [0.29, 0.717) is 0 Å². The van der Waals surface area contributed by atoms with Crippen molar-refractivity contribution in [3.8, 4) is 0 Å². The van der Waals surface area contributed by atoms with Crippen molar-refractivity contribution in [2.24, 2.45) is 0 Å². The highest BCUT2D eigenvalue weighted by Crippen LogP contribution is 2.07. The summed E-state index contributed by atoms with van der Waals surface area (Å²) in [4.78, 5) is 21.4. The van der Waals surface area contributed by atoms with Gasteiger partial charge in [-0.1, -0.05) is 0 Å². The SMILES string of the molecule is COC(=O)CN(C(C)C)S(=O)(=O)CC(=O)O. The molecule has 0 heterocycles. The first-order valence-electron chi connectivity index (χ1n) is 4.49. The molecule has 0 bridgehead atoms. The number of sulfonamides is 1. The molecule has 94 valence electrons. The number of carbonyl (C=O) groups is 2. The molecule has 8 heteroatoms. The van der Waals surface area contributed by atoms with Crippen LogP contribution in [-0.2, 0) is 24.3 Å². The molecule has 16 heavy (non-hydrogen) atoms. The molecule has 0 aromatic rings. The fourth-order valence-electron chi connectivity index (χ4n) is 1.03. The van der Waals surface area contributed by atoms with Gasteiger partial charge in [0.25, 0.3) is 0 Å². The van der Waals surface area contributed by atoms with Gasteiger partial charge in [-0.25, -0.2) is 8.42 Å². The summed E-state index contributed by atoms with van der Waals surface area (Å²) < 4.78 is 28.3. The molecule has 0 aliphatic heterocycles. The second-order valence-electron chi connectivity index (χ2n) is 3.37. The van der Waals surface area contributed by atoms with Crippen LogP contribution in [0.2, 0.25) is 0 Å². The molecule has 0 aromatic carbocycles. The van der Waals surface area contributed by atoms with Gasteiger partial charge in [0.1, 0.15) is 6.54 Å². The van der Waals surface area contributed by atoms with Crippen molar-refractivity contribution < 1.29 is 27.9 Å². The van der Waals surface area contributed by atoms with Crippen LogP contribution >= 0.6 is 0 Å². The van der Waals surface area contributed by atoms with E-state index in [1.807, 2.05) is 0 Å². The first-order chi connectivity index (χ1) is 7.20. The van der Waals surface area contributed by atoms with Crippen LogP contribution in [0.25, 0.3) is 0 Å². The molecule has 0 unspecified atom stereocenters. The summed E-state index contributed by atoms with van der Waals surface area (Å²) in [5, 5.41) is 8.45. The number of methoxy groups -OCH3 is 1. The van der Waals surface area contributed by atoms with E-state index in [2.05, 4.69) is 4.74 Å². The quantitative estimate of drug-likeness (QED) is 0.627. The van der Waals surface area contributed by atoms with Crippen LogP contribution in [-0.4, -0.2) is 55.2 Å². The second-order valence-corrected chi connectivity index (χ2v) is 5.29. The number of carboxylic acids is 1. The Kier molecular flexibility index (Phi) is 5.39.